The number of Topliss-reactive ketones (excluding diaryl/α,β-unsaturated/α-hetero) is 2. The van der Waals surface area contributed by atoms with Crippen molar-refractivity contribution in [3.63, 3.8) is 0 Å². The predicted octanol–water partition coefficient (Wildman–Crippen LogP) is 2.78. The minimum absolute atomic E-state index is 0.00240. The number of benzene rings is 1. The molecule has 0 N–H and O–H groups in total. The van der Waals surface area contributed by atoms with Crippen LogP contribution in [0.5, 0.6) is 5.75 Å². The summed E-state index contributed by atoms with van der Waals surface area (Å²) in [6, 6.07) is 9.26. The number of hydrogen-bond acceptors (Lipinski definition) is 3. The van der Waals surface area contributed by atoms with Crippen molar-refractivity contribution in [2.75, 3.05) is 0 Å². The van der Waals surface area contributed by atoms with Gasteiger partial charge in [0.05, 0.1) is 0 Å². The summed E-state index contributed by atoms with van der Waals surface area (Å²) < 4.78 is 5.60. The Morgan fingerprint density at radius 3 is 2.35 bits per heavy atom. The Labute approximate surface area is 102 Å². The molecule has 0 aliphatic carbocycles. The zero-order valence-corrected chi connectivity index (χ0v) is 10.3. The SMILES string of the molecule is CC(=O)CCCC(Oc1ccccc1)C(C)=O. The van der Waals surface area contributed by atoms with E-state index in [2.05, 4.69) is 0 Å². The van der Waals surface area contributed by atoms with Crippen molar-refractivity contribution in [2.45, 2.75) is 39.2 Å². The molecule has 0 fully saturated rings. The number of para-hydroxylation sites is 1. The first kappa shape index (κ1) is 13.4. The van der Waals surface area contributed by atoms with Gasteiger partial charge in [0, 0.05) is 6.42 Å². The third-order valence-electron chi connectivity index (χ3n) is 2.47. The molecule has 0 aliphatic rings. The van der Waals surface area contributed by atoms with Crippen LogP contribution >= 0.6 is 0 Å². The average Bonchev–Trinajstić information content (AvgIpc) is 2.28. The normalized spacial score (nSPS) is 11.9. The standard InChI is InChI=1S/C14H18O3/c1-11(15)7-6-10-14(12(2)16)17-13-8-4-3-5-9-13/h3-5,8-9,14H,6-7,10H2,1-2H3. The van der Waals surface area contributed by atoms with Crippen molar-refractivity contribution in [1.29, 1.82) is 0 Å². The van der Waals surface area contributed by atoms with E-state index in [1.54, 1.807) is 6.92 Å². The summed E-state index contributed by atoms with van der Waals surface area (Å²) >= 11 is 0. The number of ketones is 2. The van der Waals surface area contributed by atoms with Crippen molar-refractivity contribution in [3.05, 3.63) is 30.3 Å². The molecule has 0 aliphatic heterocycles. The Hall–Kier alpha value is -1.64. The van der Waals surface area contributed by atoms with Crippen LogP contribution in [0, 0.1) is 0 Å². The van der Waals surface area contributed by atoms with Crippen LogP contribution < -0.4 is 4.74 Å². The van der Waals surface area contributed by atoms with E-state index in [4.69, 9.17) is 4.74 Å². The molecule has 3 nitrogen and oxygen atoms in total. The fourth-order valence-electron chi connectivity index (χ4n) is 1.54. The highest BCUT2D eigenvalue weighted by Crippen LogP contribution is 2.14. The molecule has 3 heteroatoms. The van der Waals surface area contributed by atoms with E-state index in [1.807, 2.05) is 30.3 Å². The van der Waals surface area contributed by atoms with Gasteiger partial charge in [-0.05, 0) is 38.8 Å². The van der Waals surface area contributed by atoms with E-state index < -0.39 is 6.10 Å². The van der Waals surface area contributed by atoms with Gasteiger partial charge in [0.1, 0.15) is 11.5 Å². The molecule has 17 heavy (non-hydrogen) atoms. The maximum absolute atomic E-state index is 11.4. The Balaban J connectivity index is 2.49. The summed E-state index contributed by atoms with van der Waals surface area (Å²) in [4.78, 5) is 22.2. The first-order valence-electron chi connectivity index (χ1n) is 5.81. The van der Waals surface area contributed by atoms with Crippen LogP contribution in [-0.2, 0) is 9.59 Å². The maximum atomic E-state index is 11.4. The summed E-state index contributed by atoms with van der Waals surface area (Å²) in [6.45, 7) is 3.07. The second kappa shape index (κ2) is 6.84. The van der Waals surface area contributed by atoms with Gasteiger partial charge in [-0.3, -0.25) is 4.79 Å². The quantitative estimate of drug-likeness (QED) is 0.728. The lowest BCUT2D eigenvalue weighted by Gasteiger charge is -2.16. The Kier molecular flexibility index (Phi) is 5.40. The van der Waals surface area contributed by atoms with Gasteiger partial charge in [0.2, 0.25) is 0 Å². The first-order valence-corrected chi connectivity index (χ1v) is 5.81. The molecule has 0 saturated carbocycles. The molecule has 0 radical (unpaired) electrons. The maximum Gasteiger partial charge on any atom is 0.170 e. The highest BCUT2D eigenvalue weighted by Gasteiger charge is 2.15. The van der Waals surface area contributed by atoms with Crippen molar-refractivity contribution >= 4 is 11.6 Å². The fourth-order valence-corrected chi connectivity index (χ4v) is 1.54. The van der Waals surface area contributed by atoms with Gasteiger partial charge < -0.3 is 9.53 Å². The summed E-state index contributed by atoms with van der Waals surface area (Å²) in [5, 5.41) is 0. The molecule has 0 bridgehead atoms. The smallest absolute Gasteiger partial charge is 0.170 e. The zero-order chi connectivity index (χ0) is 12.7. The summed E-state index contributed by atoms with van der Waals surface area (Å²) in [5.74, 6) is 0.833. The Bertz CT molecular complexity index is 370. The largest absolute Gasteiger partial charge is 0.483 e. The molecule has 0 amide bonds. The van der Waals surface area contributed by atoms with Crippen LogP contribution in [-0.4, -0.2) is 17.7 Å². The molecule has 0 saturated heterocycles. The van der Waals surface area contributed by atoms with E-state index in [0.29, 0.717) is 25.0 Å². The molecule has 0 heterocycles. The molecule has 0 aromatic heterocycles. The second-order valence-corrected chi connectivity index (χ2v) is 4.12. The molecular weight excluding hydrogens is 216 g/mol. The molecule has 1 atom stereocenters. The van der Waals surface area contributed by atoms with Gasteiger partial charge in [-0.2, -0.15) is 0 Å². The molecule has 1 aromatic carbocycles. The van der Waals surface area contributed by atoms with E-state index >= 15 is 0 Å². The monoisotopic (exact) mass is 234 g/mol. The average molecular weight is 234 g/mol. The minimum Gasteiger partial charge on any atom is -0.483 e. The van der Waals surface area contributed by atoms with Crippen LogP contribution in [0.2, 0.25) is 0 Å². The van der Waals surface area contributed by atoms with Gasteiger partial charge in [-0.15, -0.1) is 0 Å². The number of hydrogen-bond donors (Lipinski definition) is 0. The van der Waals surface area contributed by atoms with Crippen LogP contribution in [0.3, 0.4) is 0 Å². The molecule has 1 unspecified atom stereocenters. The third-order valence-corrected chi connectivity index (χ3v) is 2.47. The summed E-state index contributed by atoms with van der Waals surface area (Å²) in [7, 11) is 0. The number of rotatable bonds is 7. The number of carbonyl (C=O) groups excluding carboxylic acids is 2. The Morgan fingerprint density at radius 2 is 1.82 bits per heavy atom. The van der Waals surface area contributed by atoms with Crippen LogP contribution in [0.4, 0.5) is 0 Å². The van der Waals surface area contributed by atoms with Gasteiger partial charge in [-0.1, -0.05) is 18.2 Å². The minimum atomic E-state index is -0.447. The van der Waals surface area contributed by atoms with Gasteiger partial charge in [0.25, 0.3) is 0 Å². The highest BCUT2D eigenvalue weighted by atomic mass is 16.5. The first-order chi connectivity index (χ1) is 8.09. The zero-order valence-electron chi connectivity index (χ0n) is 10.3. The van der Waals surface area contributed by atoms with Gasteiger partial charge in [0.15, 0.2) is 11.9 Å². The lowest BCUT2D eigenvalue weighted by atomic mass is 10.1. The molecule has 1 rings (SSSR count). The van der Waals surface area contributed by atoms with Crippen molar-refractivity contribution < 1.29 is 14.3 Å². The van der Waals surface area contributed by atoms with Crippen molar-refractivity contribution in [3.8, 4) is 5.75 Å². The molecular formula is C14H18O3. The van der Waals surface area contributed by atoms with Crippen LogP contribution in [0.15, 0.2) is 30.3 Å². The van der Waals surface area contributed by atoms with Gasteiger partial charge >= 0.3 is 0 Å². The lowest BCUT2D eigenvalue weighted by molar-refractivity contribution is -0.124. The van der Waals surface area contributed by atoms with E-state index in [-0.39, 0.29) is 11.6 Å². The lowest BCUT2D eigenvalue weighted by Crippen LogP contribution is -2.25. The topological polar surface area (TPSA) is 43.4 Å². The highest BCUT2D eigenvalue weighted by molar-refractivity contribution is 5.81. The van der Waals surface area contributed by atoms with Gasteiger partial charge in [-0.25, -0.2) is 0 Å². The van der Waals surface area contributed by atoms with E-state index in [9.17, 15) is 9.59 Å². The van der Waals surface area contributed by atoms with Crippen LogP contribution in [0.25, 0.3) is 0 Å². The summed E-state index contributed by atoms with van der Waals surface area (Å²) in [6.07, 6.45) is 1.33. The Morgan fingerprint density at radius 1 is 1.18 bits per heavy atom. The van der Waals surface area contributed by atoms with Crippen molar-refractivity contribution in [1.82, 2.24) is 0 Å². The van der Waals surface area contributed by atoms with E-state index in [0.717, 1.165) is 0 Å². The molecule has 92 valence electrons. The predicted molar refractivity (Wildman–Crippen MR) is 66.1 cm³/mol. The van der Waals surface area contributed by atoms with Crippen LogP contribution in [0.1, 0.15) is 33.1 Å². The number of carbonyl (C=O) groups is 2. The molecule has 0 spiro atoms. The summed E-state index contributed by atoms with van der Waals surface area (Å²) in [5.41, 5.74) is 0. The van der Waals surface area contributed by atoms with Crippen molar-refractivity contribution in [2.24, 2.45) is 0 Å². The second-order valence-electron chi connectivity index (χ2n) is 4.12. The van der Waals surface area contributed by atoms with E-state index in [1.165, 1.54) is 6.92 Å². The fraction of sp³-hybridized carbons (Fsp3) is 0.429. The molecule has 1 aromatic rings. The number of ether oxygens (including phenoxy) is 1. The third kappa shape index (κ3) is 5.29.